The Morgan fingerprint density at radius 2 is 1.70 bits per heavy atom. The van der Waals surface area contributed by atoms with Crippen molar-refractivity contribution in [2.24, 2.45) is 0 Å². The molecule has 4 nitrogen and oxygen atoms in total. The summed E-state index contributed by atoms with van der Waals surface area (Å²) in [6.07, 6.45) is 0.817. The first-order valence-corrected chi connectivity index (χ1v) is 9.11. The zero-order chi connectivity index (χ0) is 18.6. The van der Waals surface area contributed by atoms with Gasteiger partial charge in [0.15, 0.2) is 0 Å². The van der Waals surface area contributed by atoms with E-state index in [-0.39, 0.29) is 11.7 Å². The third-order valence-corrected chi connectivity index (χ3v) is 4.85. The predicted octanol–water partition coefficient (Wildman–Crippen LogP) is 4.14. The van der Waals surface area contributed by atoms with Gasteiger partial charge in [-0.15, -0.1) is 0 Å². The van der Waals surface area contributed by atoms with Gasteiger partial charge in [-0.05, 0) is 35.7 Å². The first-order chi connectivity index (χ1) is 13.2. The molecule has 4 heteroatoms. The Morgan fingerprint density at radius 3 is 2.52 bits per heavy atom. The fraction of sp³-hybridized carbons (Fsp3) is 0.174. The Morgan fingerprint density at radius 1 is 0.926 bits per heavy atom. The number of phenols is 1. The van der Waals surface area contributed by atoms with Gasteiger partial charge in [0, 0.05) is 12.1 Å². The van der Waals surface area contributed by atoms with E-state index in [4.69, 9.17) is 4.74 Å². The number of benzene rings is 3. The zero-order valence-corrected chi connectivity index (χ0v) is 15.0. The second kappa shape index (κ2) is 7.54. The third kappa shape index (κ3) is 3.65. The maximum Gasteiger partial charge on any atom is 0.257 e. The van der Waals surface area contributed by atoms with Gasteiger partial charge in [-0.1, -0.05) is 54.6 Å². The minimum absolute atomic E-state index is 0.0118. The lowest BCUT2D eigenvalue weighted by Gasteiger charge is -2.20. The molecule has 3 aromatic rings. The molecule has 0 saturated heterocycles. The molecular weight excluding hydrogens is 338 g/mol. The molecule has 3 aromatic carbocycles. The van der Waals surface area contributed by atoms with Gasteiger partial charge in [0.1, 0.15) is 18.1 Å². The highest BCUT2D eigenvalue weighted by atomic mass is 16.5. The summed E-state index contributed by atoms with van der Waals surface area (Å²) >= 11 is 0. The molecule has 1 heterocycles. The molecular formula is C23H21NO3. The zero-order valence-electron chi connectivity index (χ0n) is 15.0. The standard InChI is InChI=1S/C23H21NO3/c25-21-9-5-4-8-19(21)18-10-11-20-22(16-18)27-15-14-24(23(20)26)13-12-17-6-2-1-3-7-17/h1-11,16,25H,12-15H2. The molecule has 0 fully saturated rings. The number of carbonyl (C=O) groups excluding carboxylic acids is 1. The van der Waals surface area contributed by atoms with Gasteiger partial charge < -0.3 is 14.7 Å². The van der Waals surface area contributed by atoms with Crippen molar-refractivity contribution in [1.29, 1.82) is 0 Å². The second-order valence-corrected chi connectivity index (χ2v) is 6.60. The van der Waals surface area contributed by atoms with E-state index < -0.39 is 0 Å². The minimum atomic E-state index is -0.0118. The number of phenolic OH excluding ortho intramolecular Hbond substituents is 1. The fourth-order valence-corrected chi connectivity index (χ4v) is 3.36. The summed E-state index contributed by atoms with van der Waals surface area (Å²) in [6, 6.07) is 22.8. The highest BCUT2D eigenvalue weighted by Gasteiger charge is 2.24. The van der Waals surface area contributed by atoms with E-state index in [9.17, 15) is 9.90 Å². The largest absolute Gasteiger partial charge is 0.507 e. The molecule has 1 aliphatic heterocycles. The Labute approximate surface area is 158 Å². The maximum atomic E-state index is 13.0. The highest BCUT2D eigenvalue weighted by Crippen LogP contribution is 2.33. The molecule has 0 saturated carbocycles. The molecule has 1 amide bonds. The average molecular weight is 359 g/mol. The van der Waals surface area contributed by atoms with Crippen LogP contribution in [0.1, 0.15) is 15.9 Å². The number of hydrogen-bond acceptors (Lipinski definition) is 3. The second-order valence-electron chi connectivity index (χ2n) is 6.60. The van der Waals surface area contributed by atoms with Crippen LogP contribution in [-0.4, -0.2) is 35.6 Å². The summed E-state index contributed by atoms with van der Waals surface area (Å²) in [7, 11) is 0. The van der Waals surface area contributed by atoms with Crippen molar-refractivity contribution in [3.8, 4) is 22.6 Å². The summed E-state index contributed by atoms with van der Waals surface area (Å²) < 4.78 is 5.86. The molecule has 0 unspecified atom stereocenters. The number of fused-ring (bicyclic) bond motifs is 1. The highest BCUT2D eigenvalue weighted by molar-refractivity contribution is 5.98. The van der Waals surface area contributed by atoms with Crippen LogP contribution in [0, 0.1) is 0 Å². The smallest absolute Gasteiger partial charge is 0.257 e. The molecule has 0 radical (unpaired) electrons. The summed E-state index contributed by atoms with van der Waals surface area (Å²) in [5.74, 6) is 0.770. The van der Waals surface area contributed by atoms with E-state index in [0.29, 0.717) is 31.0 Å². The summed E-state index contributed by atoms with van der Waals surface area (Å²) in [6.45, 7) is 1.68. The van der Waals surface area contributed by atoms with Gasteiger partial charge in [0.25, 0.3) is 5.91 Å². The number of hydrogen-bond donors (Lipinski definition) is 1. The Bertz CT molecular complexity index is 953. The maximum absolute atomic E-state index is 13.0. The van der Waals surface area contributed by atoms with Gasteiger partial charge in [0.05, 0.1) is 12.1 Å². The van der Waals surface area contributed by atoms with Crippen molar-refractivity contribution in [3.63, 3.8) is 0 Å². The van der Waals surface area contributed by atoms with E-state index in [0.717, 1.165) is 17.5 Å². The first-order valence-electron chi connectivity index (χ1n) is 9.11. The fourth-order valence-electron chi connectivity index (χ4n) is 3.36. The minimum Gasteiger partial charge on any atom is -0.507 e. The number of aromatic hydroxyl groups is 1. The predicted molar refractivity (Wildman–Crippen MR) is 105 cm³/mol. The quantitative estimate of drug-likeness (QED) is 0.762. The van der Waals surface area contributed by atoms with Gasteiger partial charge in [-0.25, -0.2) is 0 Å². The monoisotopic (exact) mass is 359 g/mol. The SMILES string of the molecule is O=C1c2ccc(-c3ccccc3O)cc2OCCN1CCc1ccccc1. The molecule has 0 aliphatic carbocycles. The van der Waals surface area contributed by atoms with Crippen LogP contribution in [0.5, 0.6) is 11.5 Å². The van der Waals surface area contributed by atoms with Crippen molar-refractivity contribution in [3.05, 3.63) is 83.9 Å². The van der Waals surface area contributed by atoms with E-state index in [2.05, 4.69) is 12.1 Å². The summed E-state index contributed by atoms with van der Waals surface area (Å²) in [4.78, 5) is 14.8. The van der Waals surface area contributed by atoms with Crippen LogP contribution in [0.3, 0.4) is 0 Å². The van der Waals surface area contributed by atoms with Gasteiger partial charge in [-0.2, -0.15) is 0 Å². The van der Waals surface area contributed by atoms with Crippen LogP contribution in [0.15, 0.2) is 72.8 Å². The Hall–Kier alpha value is -3.27. The van der Waals surface area contributed by atoms with Crippen LogP contribution < -0.4 is 4.74 Å². The van der Waals surface area contributed by atoms with Gasteiger partial charge in [0.2, 0.25) is 0 Å². The van der Waals surface area contributed by atoms with Crippen molar-refractivity contribution >= 4 is 5.91 Å². The van der Waals surface area contributed by atoms with Gasteiger partial charge in [-0.3, -0.25) is 4.79 Å². The molecule has 136 valence electrons. The van der Waals surface area contributed by atoms with Crippen LogP contribution in [-0.2, 0) is 6.42 Å². The molecule has 0 aromatic heterocycles. The van der Waals surface area contributed by atoms with Crippen molar-refractivity contribution in [2.45, 2.75) is 6.42 Å². The van der Waals surface area contributed by atoms with E-state index >= 15 is 0 Å². The van der Waals surface area contributed by atoms with Crippen molar-refractivity contribution in [1.82, 2.24) is 4.90 Å². The lowest BCUT2D eigenvalue weighted by Crippen LogP contribution is -2.34. The number of carbonyl (C=O) groups is 1. The lowest BCUT2D eigenvalue weighted by atomic mass is 10.0. The normalized spacial score (nSPS) is 13.6. The van der Waals surface area contributed by atoms with Gasteiger partial charge >= 0.3 is 0 Å². The molecule has 0 atom stereocenters. The first kappa shape index (κ1) is 17.2. The number of para-hydroxylation sites is 1. The molecule has 0 bridgehead atoms. The van der Waals surface area contributed by atoms with E-state index in [1.807, 2.05) is 47.4 Å². The van der Waals surface area contributed by atoms with Crippen LogP contribution in [0.25, 0.3) is 11.1 Å². The van der Waals surface area contributed by atoms with E-state index in [1.165, 1.54) is 5.56 Å². The Kier molecular flexibility index (Phi) is 4.79. The average Bonchev–Trinajstić information content (AvgIpc) is 2.86. The molecule has 0 spiro atoms. The van der Waals surface area contributed by atoms with E-state index in [1.54, 1.807) is 18.2 Å². The third-order valence-electron chi connectivity index (χ3n) is 4.85. The van der Waals surface area contributed by atoms with Crippen molar-refractivity contribution < 1.29 is 14.6 Å². The number of ether oxygens (including phenoxy) is 1. The Balaban J connectivity index is 1.56. The van der Waals surface area contributed by atoms with Crippen molar-refractivity contribution in [2.75, 3.05) is 19.7 Å². The molecule has 4 rings (SSSR count). The number of nitrogens with zero attached hydrogens (tertiary/aromatic N) is 1. The number of rotatable bonds is 4. The van der Waals surface area contributed by atoms with Crippen LogP contribution in [0.2, 0.25) is 0 Å². The van der Waals surface area contributed by atoms with Crippen LogP contribution >= 0.6 is 0 Å². The molecule has 1 N–H and O–H groups in total. The summed E-state index contributed by atoms with van der Waals surface area (Å²) in [5, 5.41) is 10.1. The topological polar surface area (TPSA) is 49.8 Å². The lowest BCUT2D eigenvalue weighted by molar-refractivity contribution is 0.0757. The number of amides is 1. The molecule has 1 aliphatic rings. The summed E-state index contributed by atoms with van der Waals surface area (Å²) in [5.41, 5.74) is 3.34. The van der Waals surface area contributed by atoms with Crippen LogP contribution in [0.4, 0.5) is 0 Å². The molecule has 27 heavy (non-hydrogen) atoms.